The van der Waals surface area contributed by atoms with E-state index in [2.05, 4.69) is 12.1 Å². The molecular formula is C16H11ClO. The third-order valence-electron chi connectivity index (χ3n) is 3.04. The quantitative estimate of drug-likeness (QED) is 0.657. The van der Waals surface area contributed by atoms with Crippen molar-refractivity contribution in [1.29, 1.82) is 0 Å². The Morgan fingerprint density at radius 3 is 2.44 bits per heavy atom. The summed E-state index contributed by atoms with van der Waals surface area (Å²) >= 11 is 6.01. The second kappa shape index (κ2) is 4.35. The minimum absolute atomic E-state index is 0.246. The van der Waals surface area contributed by atoms with Gasteiger partial charge in [0.1, 0.15) is 5.75 Å². The summed E-state index contributed by atoms with van der Waals surface area (Å²) < 4.78 is 0. The number of aromatic hydroxyl groups is 1. The summed E-state index contributed by atoms with van der Waals surface area (Å²) in [5, 5.41) is 12.9. The second-order valence-electron chi connectivity index (χ2n) is 4.19. The van der Waals surface area contributed by atoms with Crippen LogP contribution in [0.25, 0.3) is 21.9 Å². The Kier molecular flexibility index (Phi) is 2.69. The van der Waals surface area contributed by atoms with E-state index in [9.17, 15) is 5.11 Å². The van der Waals surface area contributed by atoms with Crippen LogP contribution in [0.15, 0.2) is 60.7 Å². The largest absolute Gasteiger partial charge is 0.507 e. The lowest BCUT2D eigenvalue weighted by molar-refractivity contribution is 0.477. The van der Waals surface area contributed by atoms with Crippen LogP contribution >= 0.6 is 11.6 Å². The van der Waals surface area contributed by atoms with E-state index in [-0.39, 0.29) is 5.75 Å². The first-order valence-electron chi connectivity index (χ1n) is 5.72. The highest BCUT2D eigenvalue weighted by atomic mass is 35.5. The van der Waals surface area contributed by atoms with Crippen LogP contribution in [-0.2, 0) is 0 Å². The fourth-order valence-electron chi connectivity index (χ4n) is 2.18. The van der Waals surface area contributed by atoms with Gasteiger partial charge in [0, 0.05) is 10.6 Å². The van der Waals surface area contributed by atoms with Crippen molar-refractivity contribution in [2.24, 2.45) is 0 Å². The van der Waals surface area contributed by atoms with E-state index in [0.29, 0.717) is 5.02 Å². The molecule has 0 amide bonds. The molecule has 0 aliphatic heterocycles. The van der Waals surface area contributed by atoms with Crippen molar-refractivity contribution in [3.8, 4) is 16.9 Å². The first kappa shape index (κ1) is 11.1. The van der Waals surface area contributed by atoms with E-state index < -0.39 is 0 Å². The van der Waals surface area contributed by atoms with Gasteiger partial charge in [-0.2, -0.15) is 0 Å². The molecule has 3 rings (SSSR count). The Morgan fingerprint density at radius 2 is 1.56 bits per heavy atom. The Labute approximate surface area is 110 Å². The van der Waals surface area contributed by atoms with Crippen molar-refractivity contribution in [3.63, 3.8) is 0 Å². The molecule has 3 aromatic carbocycles. The number of rotatable bonds is 1. The van der Waals surface area contributed by atoms with Gasteiger partial charge in [0.05, 0.1) is 0 Å². The van der Waals surface area contributed by atoms with Crippen LogP contribution in [0.5, 0.6) is 5.75 Å². The van der Waals surface area contributed by atoms with Gasteiger partial charge in [0.15, 0.2) is 0 Å². The molecule has 0 bridgehead atoms. The van der Waals surface area contributed by atoms with Crippen molar-refractivity contribution in [3.05, 3.63) is 65.7 Å². The molecule has 0 unspecified atom stereocenters. The molecule has 0 saturated carbocycles. The van der Waals surface area contributed by atoms with Crippen LogP contribution in [0.2, 0.25) is 5.02 Å². The van der Waals surface area contributed by atoms with Crippen molar-refractivity contribution >= 4 is 22.4 Å². The molecule has 0 atom stereocenters. The molecular weight excluding hydrogens is 244 g/mol. The van der Waals surface area contributed by atoms with E-state index in [0.717, 1.165) is 21.9 Å². The molecule has 0 fully saturated rings. The number of phenols is 1. The highest BCUT2D eigenvalue weighted by Crippen LogP contribution is 2.35. The van der Waals surface area contributed by atoms with Gasteiger partial charge in [-0.3, -0.25) is 0 Å². The van der Waals surface area contributed by atoms with Gasteiger partial charge >= 0.3 is 0 Å². The van der Waals surface area contributed by atoms with Crippen molar-refractivity contribution in [2.45, 2.75) is 0 Å². The minimum atomic E-state index is 0.246. The van der Waals surface area contributed by atoms with Crippen LogP contribution in [0.3, 0.4) is 0 Å². The maximum absolute atomic E-state index is 9.99. The van der Waals surface area contributed by atoms with Crippen LogP contribution in [-0.4, -0.2) is 5.11 Å². The number of benzene rings is 3. The monoisotopic (exact) mass is 254 g/mol. The summed E-state index contributed by atoms with van der Waals surface area (Å²) in [6, 6.07) is 19.2. The number of halogens is 1. The lowest BCUT2D eigenvalue weighted by Crippen LogP contribution is -1.82. The van der Waals surface area contributed by atoms with E-state index in [1.807, 2.05) is 30.3 Å². The lowest BCUT2D eigenvalue weighted by Gasteiger charge is -2.09. The van der Waals surface area contributed by atoms with E-state index >= 15 is 0 Å². The van der Waals surface area contributed by atoms with Gasteiger partial charge < -0.3 is 5.11 Å². The van der Waals surface area contributed by atoms with Crippen molar-refractivity contribution in [1.82, 2.24) is 0 Å². The number of phenolic OH excluding ortho intramolecular Hbond substituents is 1. The van der Waals surface area contributed by atoms with Crippen LogP contribution in [0.1, 0.15) is 0 Å². The Hall–Kier alpha value is -1.99. The third-order valence-corrected chi connectivity index (χ3v) is 3.27. The molecule has 3 aromatic rings. The molecule has 0 saturated heterocycles. The second-order valence-corrected chi connectivity index (χ2v) is 4.62. The average Bonchev–Trinajstić information content (AvgIpc) is 2.41. The molecule has 1 nitrogen and oxygen atoms in total. The predicted octanol–water partition coefficient (Wildman–Crippen LogP) is 4.87. The summed E-state index contributed by atoms with van der Waals surface area (Å²) in [6.07, 6.45) is 0. The first-order chi connectivity index (χ1) is 8.75. The molecule has 18 heavy (non-hydrogen) atoms. The highest BCUT2D eigenvalue weighted by Gasteiger charge is 2.08. The molecule has 2 heteroatoms. The zero-order chi connectivity index (χ0) is 12.5. The van der Waals surface area contributed by atoms with Gasteiger partial charge in [0.25, 0.3) is 0 Å². The molecule has 0 spiro atoms. The Balaban J connectivity index is 2.35. The SMILES string of the molecule is Oc1ccc(Cl)cc1-c1cccc2ccccc12. The molecule has 88 valence electrons. The molecule has 0 heterocycles. The van der Waals surface area contributed by atoms with Gasteiger partial charge in [-0.1, -0.05) is 54.1 Å². The molecule has 0 aliphatic rings. The summed E-state index contributed by atoms with van der Waals surface area (Å²) in [5.41, 5.74) is 1.76. The minimum Gasteiger partial charge on any atom is -0.507 e. The van der Waals surface area contributed by atoms with Crippen molar-refractivity contribution in [2.75, 3.05) is 0 Å². The van der Waals surface area contributed by atoms with E-state index in [1.165, 1.54) is 0 Å². The zero-order valence-electron chi connectivity index (χ0n) is 9.60. The summed E-state index contributed by atoms with van der Waals surface area (Å²) in [6.45, 7) is 0. The highest BCUT2D eigenvalue weighted by molar-refractivity contribution is 6.31. The maximum Gasteiger partial charge on any atom is 0.123 e. The van der Waals surface area contributed by atoms with Crippen LogP contribution < -0.4 is 0 Å². The Morgan fingerprint density at radius 1 is 0.778 bits per heavy atom. The third kappa shape index (κ3) is 1.83. The van der Waals surface area contributed by atoms with E-state index in [4.69, 9.17) is 11.6 Å². The predicted molar refractivity (Wildman–Crippen MR) is 76.1 cm³/mol. The first-order valence-corrected chi connectivity index (χ1v) is 6.10. The van der Waals surface area contributed by atoms with Crippen LogP contribution in [0.4, 0.5) is 0 Å². The topological polar surface area (TPSA) is 20.2 Å². The standard InChI is InChI=1S/C16H11ClO/c17-12-8-9-16(18)15(10-12)14-7-3-5-11-4-1-2-6-13(11)14/h1-10,18H. The smallest absolute Gasteiger partial charge is 0.123 e. The summed E-state index contributed by atoms with van der Waals surface area (Å²) in [4.78, 5) is 0. The number of hydrogen-bond donors (Lipinski definition) is 1. The normalized spacial score (nSPS) is 10.7. The number of fused-ring (bicyclic) bond motifs is 1. The summed E-state index contributed by atoms with van der Waals surface area (Å²) in [5.74, 6) is 0.246. The fourth-order valence-corrected chi connectivity index (χ4v) is 2.36. The summed E-state index contributed by atoms with van der Waals surface area (Å²) in [7, 11) is 0. The van der Waals surface area contributed by atoms with Gasteiger partial charge in [-0.15, -0.1) is 0 Å². The zero-order valence-corrected chi connectivity index (χ0v) is 10.4. The van der Waals surface area contributed by atoms with Gasteiger partial charge in [-0.25, -0.2) is 0 Å². The van der Waals surface area contributed by atoms with E-state index in [1.54, 1.807) is 18.2 Å². The Bertz CT molecular complexity index is 714. The molecule has 0 aliphatic carbocycles. The van der Waals surface area contributed by atoms with Crippen LogP contribution in [0, 0.1) is 0 Å². The number of hydrogen-bond acceptors (Lipinski definition) is 1. The van der Waals surface area contributed by atoms with Gasteiger partial charge in [-0.05, 0) is 34.5 Å². The maximum atomic E-state index is 9.99. The molecule has 1 N–H and O–H groups in total. The fraction of sp³-hybridized carbons (Fsp3) is 0. The molecule has 0 aromatic heterocycles. The molecule has 0 radical (unpaired) electrons. The van der Waals surface area contributed by atoms with Crippen molar-refractivity contribution < 1.29 is 5.11 Å². The average molecular weight is 255 g/mol. The van der Waals surface area contributed by atoms with Gasteiger partial charge in [0.2, 0.25) is 0 Å². The lowest BCUT2D eigenvalue weighted by atomic mass is 9.98.